The molecule has 5 heteroatoms. The maximum Gasteiger partial charge on any atom is 0.226 e. The molecule has 0 spiro atoms. The van der Waals surface area contributed by atoms with Gasteiger partial charge in [0.25, 0.3) is 0 Å². The number of hydrogen-bond acceptors (Lipinski definition) is 5. The molecule has 0 radical (unpaired) electrons. The molecule has 1 aromatic rings. The quantitative estimate of drug-likeness (QED) is 0.894. The smallest absolute Gasteiger partial charge is 0.226 e. The van der Waals surface area contributed by atoms with Crippen LogP contribution in [0.1, 0.15) is 26.7 Å². The molecule has 1 aromatic heterocycles. The Morgan fingerprint density at radius 1 is 1.53 bits per heavy atom. The van der Waals surface area contributed by atoms with Crippen LogP contribution in [-0.2, 0) is 0 Å². The van der Waals surface area contributed by atoms with E-state index in [-0.39, 0.29) is 0 Å². The highest BCUT2D eigenvalue weighted by atomic mass is 15.2. The number of rotatable bonds is 4. The fraction of sp³-hybridized carbons (Fsp3) is 0.714. The van der Waals surface area contributed by atoms with Crippen molar-refractivity contribution in [2.24, 2.45) is 5.92 Å². The number of hydrogen-bond donors (Lipinski definition) is 1. The van der Waals surface area contributed by atoms with Crippen LogP contribution in [-0.4, -0.2) is 47.6 Å². The van der Waals surface area contributed by atoms with Crippen molar-refractivity contribution in [1.29, 1.82) is 0 Å². The molecule has 1 aliphatic heterocycles. The van der Waals surface area contributed by atoms with Crippen molar-refractivity contribution >= 4 is 11.8 Å². The predicted molar refractivity (Wildman–Crippen MR) is 79.1 cm³/mol. The molecule has 0 bridgehead atoms. The molecule has 1 fully saturated rings. The van der Waals surface area contributed by atoms with Crippen LogP contribution in [0.4, 0.5) is 11.8 Å². The molecule has 1 aliphatic rings. The first-order chi connectivity index (χ1) is 9.06. The number of nitrogen functional groups attached to an aromatic ring is 1. The zero-order valence-electron chi connectivity index (χ0n) is 12.2. The van der Waals surface area contributed by atoms with Crippen LogP contribution < -0.4 is 10.6 Å². The van der Waals surface area contributed by atoms with Gasteiger partial charge in [0.05, 0.1) is 0 Å². The van der Waals surface area contributed by atoms with Crippen molar-refractivity contribution in [2.75, 3.05) is 37.3 Å². The highest BCUT2D eigenvalue weighted by Crippen LogP contribution is 2.20. The Morgan fingerprint density at radius 3 is 3.00 bits per heavy atom. The molecule has 0 unspecified atom stereocenters. The van der Waals surface area contributed by atoms with Crippen LogP contribution in [0.2, 0.25) is 0 Å². The van der Waals surface area contributed by atoms with E-state index in [1.807, 2.05) is 7.05 Å². The average molecular weight is 263 g/mol. The van der Waals surface area contributed by atoms with E-state index in [2.05, 4.69) is 33.6 Å². The number of likely N-dealkylation sites (tertiary alicyclic amines) is 1. The van der Waals surface area contributed by atoms with Crippen molar-refractivity contribution in [1.82, 2.24) is 14.9 Å². The molecule has 2 rings (SSSR count). The fourth-order valence-electron chi connectivity index (χ4n) is 2.73. The van der Waals surface area contributed by atoms with Crippen molar-refractivity contribution in [3.63, 3.8) is 0 Å². The van der Waals surface area contributed by atoms with Crippen LogP contribution in [0.3, 0.4) is 0 Å². The Hall–Kier alpha value is -1.36. The second kappa shape index (κ2) is 6.19. The van der Waals surface area contributed by atoms with Gasteiger partial charge in [-0.25, -0.2) is 4.98 Å². The maximum atomic E-state index is 5.71. The van der Waals surface area contributed by atoms with Crippen LogP contribution in [0.15, 0.2) is 12.3 Å². The summed E-state index contributed by atoms with van der Waals surface area (Å²) in [4.78, 5) is 13.2. The summed E-state index contributed by atoms with van der Waals surface area (Å²) in [5.41, 5.74) is 5.71. The zero-order valence-corrected chi connectivity index (χ0v) is 12.2. The molecule has 1 atom stereocenters. The maximum absolute atomic E-state index is 5.71. The lowest BCUT2D eigenvalue weighted by atomic mass is 9.96. The predicted octanol–water partition coefficient (Wildman–Crippen LogP) is 1.62. The Kier molecular flexibility index (Phi) is 4.58. The number of nitrogens with zero attached hydrogens (tertiary/aromatic N) is 4. The first-order valence-corrected chi connectivity index (χ1v) is 7.10. The standard InChI is InChI=1S/C14H25N5/c1-11(2)19-8-4-5-12(10-19)9-18(3)14-16-7-6-13(15)17-14/h6-7,11-12H,4-5,8-10H2,1-3H3,(H2,15,16,17)/t12-/m1/s1. The van der Waals surface area contributed by atoms with Crippen LogP contribution in [0, 0.1) is 5.92 Å². The van der Waals surface area contributed by atoms with Crippen LogP contribution in [0.25, 0.3) is 0 Å². The highest BCUT2D eigenvalue weighted by Gasteiger charge is 2.23. The zero-order chi connectivity index (χ0) is 13.8. The summed E-state index contributed by atoms with van der Waals surface area (Å²) < 4.78 is 0. The van der Waals surface area contributed by atoms with Gasteiger partial charge >= 0.3 is 0 Å². The molecule has 0 saturated carbocycles. The average Bonchev–Trinajstić information content (AvgIpc) is 2.39. The van der Waals surface area contributed by atoms with E-state index in [0.29, 0.717) is 17.8 Å². The Bertz CT molecular complexity index is 407. The molecule has 2 N–H and O–H groups in total. The Balaban J connectivity index is 1.93. The molecule has 19 heavy (non-hydrogen) atoms. The summed E-state index contributed by atoms with van der Waals surface area (Å²) in [6, 6.07) is 2.36. The third-order valence-corrected chi connectivity index (χ3v) is 3.82. The molecule has 5 nitrogen and oxygen atoms in total. The largest absolute Gasteiger partial charge is 0.384 e. The first-order valence-electron chi connectivity index (χ1n) is 7.10. The first kappa shape index (κ1) is 14.1. The van der Waals surface area contributed by atoms with E-state index < -0.39 is 0 Å². The van der Waals surface area contributed by atoms with Crippen molar-refractivity contribution in [3.05, 3.63) is 12.3 Å². The third-order valence-electron chi connectivity index (χ3n) is 3.82. The number of anilines is 2. The van der Waals surface area contributed by atoms with Gasteiger partial charge in [-0.1, -0.05) is 0 Å². The third kappa shape index (κ3) is 3.80. The Morgan fingerprint density at radius 2 is 2.32 bits per heavy atom. The van der Waals surface area contributed by atoms with Crippen molar-refractivity contribution in [2.45, 2.75) is 32.7 Å². The summed E-state index contributed by atoms with van der Waals surface area (Å²) >= 11 is 0. The van der Waals surface area contributed by atoms with E-state index in [4.69, 9.17) is 5.73 Å². The summed E-state index contributed by atoms with van der Waals surface area (Å²) in [7, 11) is 2.04. The second-order valence-corrected chi connectivity index (χ2v) is 5.76. The van der Waals surface area contributed by atoms with Crippen LogP contribution >= 0.6 is 0 Å². The van der Waals surface area contributed by atoms with Gasteiger partial charge in [0.15, 0.2) is 0 Å². The lowest BCUT2D eigenvalue weighted by Gasteiger charge is -2.37. The van der Waals surface area contributed by atoms with E-state index in [9.17, 15) is 0 Å². The second-order valence-electron chi connectivity index (χ2n) is 5.76. The van der Waals surface area contributed by atoms with Gasteiger partial charge < -0.3 is 15.5 Å². The number of piperidine rings is 1. The van der Waals surface area contributed by atoms with Gasteiger partial charge in [-0.3, -0.25) is 0 Å². The van der Waals surface area contributed by atoms with Gasteiger partial charge in [0.1, 0.15) is 5.82 Å². The summed E-state index contributed by atoms with van der Waals surface area (Å²) in [6.07, 6.45) is 4.29. The summed E-state index contributed by atoms with van der Waals surface area (Å²) in [6.45, 7) is 7.93. The SMILES string of the molecule is CC(C)N1CCC[C@H](CN(C)c2nccc(N)n2)C1. The molecule has 106 valence electrons. The minimum Gasteiger partial charge on any atom is -0.384 e. The monoisotopic (exact) mass is 263 g/mol. The minimum atomic E-state index is 0.532. The van der Waals surface area contributed by atoms with E-state index in [0.717, 1.165) is 12.5 Å². The number of aromatic nitrogens is 2. The van der Waals surface area contributed by atoms with E-state index >= 15 is 0 Å². The topological polar surface area (TPSA) is 58.3 Å². The van der Waals surface area contributed by atoms with Crippen molar-refractivity contribution in [3.8, 4) is 0 Å². The molecular formula is C14H25N5. The summed E-state index contributed by atoms with van der Waals surface area (Å²) in [5, 5.41) is 0. The van der Waals surface area contributed by atoms with Crippen molar-refractivity contribution < 1.29 is 0 Å². The van der Waals surface area contributed by atoms with Gasteiger partial charge in [0.2, 0.25) is 5.95 Å². The summed E-state index contributed by atoms with van der Waals surface area (Å²) in [5.74, 6) is 1.94. The lowest BCUT2D eigenvalue weighted by molar-refractivity contribution is 0.142. The fourth-order valence-corrected chi connectivity index (χ4v) is 2.73. The van der Waals surface area contributed by atoms with Gasteiger partial charge in [-0.2, -0.15) is 4.98 Å². The normalized spacial score (nSPS) is 20.7. The lowest BCUT2D eigenvalue weighted by Crippen LogP contribution is -2.43. The molecule has 0 aliphatic carbocycles. The van der Waals surface area contributed by atoms with E-state index in [1.54, 1.807) is 12.3 Å². The highest BCUT2D eigenvalue weighted by molar-refractivity contribution is 5.36. The number of nitrogens with two attached hydrogens (primary N) is 1. The molecule has 2 heterocycles. The Labute approximate surface area is 115 Å². The molecule has 0 amide bonds. The van der Waals surface area contributed by atoms with Gasteiger partial charge in [-0.15, -0.1) is 0 Å². The van der Waals surface area contributed by atoms with Crippen LogP contribution in [0.5, 0.6) is 0 Å². The molecular weight excluding hydrogens is 238 g/mol. The van der Waals surface area contributed by atoms with Gasteiger partial charge in [-0.05, 0) is 45.2 Å². The van der Waals surface area contributed by atoms with Gasteiger partial charge in [0, 0.05) is 32.4 Å². The minimum absolute atomic E-state index is 0.532. The van der Waals surface area contributed by atoms with E-state index in [1.165, 1.54) is 25.9 Å². The molecule has 0 aromatic carbocycles. The molecule has 1 saturated heterocycles.